The maximum absolute atomic E-state index is 12.3. The summed E-state index contributed by atoms with van der Waals surface area (Å²) in [6.07, 6.45) is 16.4. The van der Waals surface area contributed by atoms with Gasteiger partial charge in [-0.25, -0.2) is 4.57 Å². The third-order valence-corrected chi connectivity index (χ3v) is 7.97. The van der Waals surface area contributed by atoms with Gasteiger partial charge in [-0.3, -0.25) is 33.1 Å². The number of amides is 4. The first-order valence-corrected chi connectivity index (χ1v) is 17.3. The maximum atomic E-state index is 12.3. The van der Waals surface area contributed by atoms with Crippen LogP contribution in [0.4, 0.5) is 0 Å². The number of carbonyl (C=O) groups is 4. The molecular formula is C28H54ClN4O8P. The predicted octanol–water partition coefficient (Wildman–Crippen LogP) is 4.29. The number of nitrogens with zero attached hydrogens (tertiary/aromatic N) is 1. The normalized spacial score (nSPS) is 14.1. The molecule has 0 aromatic carbocycles. The van der Waals surface area contributed by atoms with E-state index < -0.39 is 49.4 Å². The number of imide groups is 1. The molecule has 0 aromatic rings. The Kier molecular flexibility index (Phi) is 23.9. The Hall–Kier alpha value is -1.56. The molecule has 12 nitrogen and oxygen atoms in total. The summed E-state index contributed by atoms with van der Waals surface area (Å²) in [5, 5.41) is 2.46. The third-order valence-electron chi connectivity index (χ3n) is 6.73. The molecule has 6 N–H and O–H groups in total. The Bertz CT molecular complexity index is 834. The average Bonchev–Trinajstić information content (AvgIpc) is 2.94. The van der Waals surface area contributed by atoms with Crippen molar-refractivity contribution in [3.8, 4) is 0 Å². The van der Waals surface area contributed by atoms with Crippen LogP contribution in [0, 0.1) is 0 Å². The molecule has 0 radical (unpaired) electrons. The minimum absolute atomic E-state index is 0.101. The average molecular weight is 641 g/mol. The van der Waals surface area contributed by atoms with Crippen LogP contribution in [0.3, 0.4) is 0 Å². The lowest BCUT2D eigenvalue weighted by molar-refractivity contribution is -0.151. The van der Waals surface area contributed by atoms with Crippen molar-refractivity contribution in [2.24, 2.45) is 11.5 Å². The molecule has 42 heavy (non-hydrogen) atoms. The van der Waals surface area contributed by atoms with Gasteiger partial charge >= 0.3 is 7.82 Å². The number of hydrogen-bond acceptors (Lipinski definition) is 8. The van der Waals surface area contributed by atoms with Crippen molar-refractivity contribution in [3.63, 3.8) is 0 Å². The molecule has 246 valence electrons. The van der Waals surface area contributed by atoms with E-state index in [4.69, 9.17) is 32.1 Å². The molecule has 0 heterocycles. The Balaban J connectivity index is 4.04. The summed E-state index contributed by atoms with van der Waals surface area (Å²) in [5.74, 6) is -3.81. The van der Waals surface area contributed by atoms with E-state index in [0.29, 0.717) is 11.3 Å². The zero-order chi connectivity index (χ0) is 31.8. The number of hydrogen-bond donors (Lipinski definition) is 4. The van der Waals surface area contributed by atoms with Crippen LogP contribution in [0.15, 0.2) is 0 Å². The van der Waals surface area contributed by atoms with E-state index in [0.717, 1.165) is 19.3 Å². The Morgan fingerprint density at radius 2 is 1.36 bits per heavy atom. The van der Waals surface area contributed by atoms with E-state index in [9.17, 15) is 28.6 Å². The number of carbonyl (C=O) groups excluding carboxylic acids is 4. The lowest BCUT2D eigenvalue weighted by Gasteiger charge is -2.28. The molecule has 0 saturated carbocycles. The Morgan fingerprint density at radius 3 is 1.81 bits per heavy atom. The van der Waals surface area contributed by atoms with Gasteiger partial charge in [-0.05, 0) is 19.8 Å². The summed E-state index contributed by atoms with van der Waals surface area (Å²) >= 11 is 5.54. The van der Waals surface area contributed by atoms with Gasteiger partial charge in [-0.15, -0.1) is 11.6 Å². The van der Waals surface area contributed by atoms with Crippen molar-refractivity contribution in [1.82, 2.24) is 10.2 Å². The van der Waals surface area contributed by atoms with E-state index >= 15 is 0 Å². The van der Waals surface area contributed by atoms with Crippen LogP contribution in [0.2, 0.25) is 0 Å². The van der Waals surface area contributed by atoms with E-state index in [2.05, 4.69) is 12.2 Å². The molecule has 4 amide bonds. The van der Waals surface area contributed by atoms with Gasteiger partial charge in [0.15, 0.2) is 0 Å². The number of phosphoric ester groups is 1. The lowest BCUT2D eigenvalue weighted by Crippen LogP contribution is -2.55. The van der Waals surface area contributed by atoms with Crippen LogP contribution in [-0.4, -0.2) is 71.1 Å². The molecule has 0 aromatic heterocycles. The summed E-state index contributed by atoms with van der Waals surface area (Å²) in [6, 6.07) is -2.49. The van der Waals surface area contributed by atoms with E-state index in [-0.39, 0.29) is 32.6 Å². The van der Waals surface area contributed by atoms with Crippen molar-refractivity contribution in [3.05, 3.63) is 0 Å². The molecule has 0 saturated heterocycles. The summed E-state index contributed by atoms with van der Waals surface area (Å²) in [6.45, 7) is 3.29. The molecule has 0 spiro atoms. The number of unbranched alkanes of at least 4 members (excludes halogenated alkanes) is 13. The predicted molar refractivity (Wildman–Crippen MR) is 163 cm³/mol. The minimum atomic E-state index is -4.25. The van der Waals surface area contributed by atoms with Crippen LogP contribution < -0.4 is 16.8 Å². The first-order valence-electron chi connectivity index (χ1n) is 15.3. The SMILES string of the molecule is CCCCCCCCCCCCCCCCOP(=O)(O)OCCNC(=O)CC[C@H](C(N)=O)N(C(=O)CCl)C(=O)[C@H](C)N. The van der Waals surface area contributed by atoms with Crippen LogP contribution in [-0.2, 0) is 32.8 Å². The van der Waals surface area contributed by atoms with Gasteiger partial charge in [0, 0.05) is 13.0 Å². The number of alkyl halides is 1. The lowest BCUT2D eigenvalue weighted by atomic mass is 10.0. The minimum Gasteiger partial charge on any atom is -0.368 e. The smallest absolute Gasteiger partial charge is 0.368 e. The number of nitrogens with one attached hydrogen (secondary N) is 1. The molecule has 0 rings (SSSR count). The zero-order valence-corrected chi connectivity index (χ0v) is 27.2. The summed E-state index contributed by atoms with van der Waals surface area (Å²) < 4.78 is 21.9. The Labute approximate surface area is 256 Å². The summed E-state index contributed by atoms with van der Waals surface area (Å²) in [7, 11) is -4.25. The van der Waals surface area contributed by atoms with Crippen LogP contribution in [0.5, 0.6) is 0 Å². The van der Waals surface area contributed by atoms with Crippen molar-refractivity contribution < 1.29 is 37.7 Å². The maximum Gasteiger partial charge on any atom is 0.472 e. The first kappa shape index (κ1) is 40.4. The quantitative estimate of drug-likeness (QED) is 0.0576. The second-order valence-corrected chi connectivity index (χ2v) is 12.3. The van der Waals surface area contributed by atoms with Gasteiger partial charge in [-0.2, -0.15) is 0 Å². The molecule has 0 fully saturated rings. The van der Waals surface area contributed by atoms with Gasteiger partial charge in [0.2, 0.25) is 23.6 Å². The van der Waals surface area contributed by atoms with Gasteiger partial charge < -0.3 is 21.7 Å². The van der Waals surface area contributed by atoms with Gasteiger partial charge in [-0.1, -0.05) is 90.4 Å². The van der Waals surface area contributed by atoms with E-state index in [1.165, 1.54) is 71.1 Å². The fourth-order valence-electron chi connectivity index (χ4n) is 4.35. The molecule has 14 heteroatoms. The Morgan fingerprint density at radius 1 is 0.881 bits per heavy atom. The molecule has 0 aliphatic rings. The second-order valence-electron chi connectivity index (χ2n) is 10.6. The highest BCUT2D eigenvalue weighted by Crippen LogP contribution is 2.43. The van der Waals surface area contributed by atoms with Crippen molar-refractivity contribution in [2.45, 2.75) is 129 Å². The zero-order valence-electron chi connectivity index (χ0n) is 25.5. The number of rotatable bonds is 27. The molecule has 0 aliphatic heterocycles. The highest BCUT2D eigenvalue weighted by atomic mass is 35.5. The highest BCUT2D eigenvalue weighted by Gasteiger charge is 2.34. The van der Waals surface area contributed by atoms with Gasteiger partial charge in [0.05, 0.1) is 19.3 Å². The van der Waals surface area contributed by atoms with Gasteiger partial charge in [0.1, 0.15) is 11.9 Å². The third kappa shape index (κ3) is 20.4. The summed E-state index contributed by atoms with van der Waals surface area (Å²) in [5.41, 5.74) is 10.9. The number of phosphoric acid groups is 1. The topological polar surface area (TPSA) is 191 Å². The second kappa shape index (κ2) is 24.8. The molecule has 0 aliphatic carbocycles. The van der Waals surface area contributed by atoms with Gasteiger partial charge in [0.25, 0.3) is 0 Å². The highest BCUT2D eigenvalue weighted by molar-refractivity contribution is 7.47. The van der Waals surface area contributed by atoms with Crippen molar-refractivity contribution >= 4 is 43.1 Å². The number of halogens is 1. The molecule has 0 bridgehead atoms. The van der Waals surface area contributed by atoms with E-state index in [1.54, 1.807) is 0 Å². The molecular weight excluding hydrogens is 587 g/mol. The molecule has 1 unspecified atom stereocenters. The number of primary amides is 1. The summed E-state index contributed by atoms with van der Waals surface area (Å²) in [4.78, 5) is 58.9. The van der Waals surface area contributed by atoms with Crippen molar-refractivity contribution in [2.75, 3.05) is 25.6 Å². The molecule has 3 atom stereocenters. The van der Waals surface area contributed by atoms with Crippen LogP contribution >= 0.6 is 19.4 Å². The largest absolute Gasteiger partial charge is 0.472 e. The number of nitrogens with two attached hydrogens (primary N) is 2. The monoisotopic (exact) mass is 640 g/mol. The first-order chi connectivity index (χ1) is 20.0. The fraction of sp³-hybridized carbons (Fsp3) is 0.857. The van der Waals surface area contributed by atoms with Crippen LogP contribution in [0.1, 0.15) is 117 Å². The van der Waals surface area contributed by atoms with Crippen molar-refractivity contribution in [1.29, 1.82) is 0 Å². The fourth-order valence-corrected chi connectivity index (χ4v) is 5.24. The standard InChI is InChI=1S/C28H54ClN4O8P/c1-3-4-5-6-7-8-9-10-11-12-13-14-15-16-20-40-42(38,39)41-21-19-32-25(34)18-17-24(27(31)36)33(26(35)22-29)28(37)23(2)30/h23-24H,3-22,30H2,1-2H3,(H2,31,36)(H,32,34)(H,38,39)/t23-,24+/m0/s1. The van der Waals surface area contributed by atoms with E-state index in [1.807, 2.05) is 0 Å². The van der Waals surface area contributed by atoms with Crippen LogP contribution in [0.25, 0.3) is 0 Å².